The van der Waals surface area contributed by atoms with Gasteiger partial charge in [0.1, 0.15) is 9.81 Å². The number of carbonyl (C=O) groups is 2. The van der Waals surface area contributed by atoms with Crippen molar-refractivity contribution in [3.63, 3.8) is 0 Å². The van der Waals surface area contributed by atoms with Gasteiger partial charge >= 0.3 is 11.9 Å². The molecule has 0 N–H and O–H groups in total. The van der Waals surface area contributed by atoms with Crippen LogP contribution in [-0.2, 0) is 19.1 Å². The summed E-state index contributed by atoms with van der Waals surface area (Å²) in [6.45, 7) is 12.8. The Morgan fingerprint density at radius 1 is 0.773 bits per heavy atom. The minimum Gasteiger partial charge on any atom is -0.465 e. The van der Waals surface area contributed by atoms with E-state index in [1.807, 2.05) is 0 Å². The van der Waals surface area contributed by atoms with E-state index in [1.165, 1.54) is 43.3 Å². The summed E-state index contributed by atoms with van der Waals surface area (Å²) in [4.78, 5) is 24.5. The van der Waals surface area contributed by atoms with Crippen molar-refractivity contribution < 1.29 is 19.1 Å². The molecule has 0 aliphatic carbocycles. The van der Waals surface area contributed by atoms with E-state index in [2.05, 4.69) is 41.5 Å². The summed E-state index contributed by atoms with van der Waals surface area (Å²) in [6.07, 6.45) is 0. The van der Waals surface area contributed by atoms with Crippen LogP contribution >= 0.6 is 23.5 Å². The first-order valence-electron chi connectivity index (χ1n) is 6.95. The van der Waals surface area contributed by atoms with Crippen LogP contribution in [-0.4, -0.2) is 26.2 Å². The average Bonchev–Trinajstić information content (AvgIpc) is 2.77. The minimum atomic E-state index is -0.505. The summed E-state index contributed by atoms with van der Waals surface area (Å²) < 4.78 is 10.6. The molecule has 0 spiro atoms. The maximum Gasteiger partial charge on any atom is 0.346 e. The third-order valence-electron chi connectivity index (χ3n) is 3.04. The van der Waals surface area contributed by atoms with Gasteiger partial charge in [-0.25, -0.2) is 9.59 Å². The second-order valence-corrected chi connectivity index (χ2v) is 9.31. The fraction of sp³-hybridized carbons (Fsp3) is 0.625. The SMILES string of the molecule is COC(=O)C1=C(C(=O)OC)SC(=C(C(C)(C)C)C(C)(C)C)S1. The molecule has 0 saturated heterocycles. The molecular formula is C16H24O4S2. The Balaban J connectivity index is 3.42. The van der Waals surface area contributed by atoms with Gasteiger partial charge < -0.3 is 9.47 Å². The molecule has 0 unspecified atom stereocenters. The van der Waals surface area contributed by atoms with Crippen LogP contribution < -0.4 is 0 Å². The lowest BCUT2D eigenvalue weighted by atomic mass is 9.73. The van der Waals surface area contributed by atoms with E-state index < -0.39 is 11.9 Å². The van der Waals surface area contributed by atoms with Crippen LogP contribution in [0.15, 0.2) is 19.6 Å². The molecule has 0 bridgehead atoms. The van der Waals surface area contributed by atoms with Crippen LogP contribution in [0.2, 0.25) is 0 Å². The lowest BCUT2D eigenvalue weighted by molar-refractivity contribution is -0.138. The van der Waals surface area contributed by atoms with Gasteiger partial charge in [-0.2, -0.15) is 0 Å². The Hall–Kier alpha value is -0.880. The molecule has 0 amide bonds. The topological polar surface area (TPSA) is 52.6 Å². The third-order valence-corrected chi connectivity index (χ3v) is 5.60. The zero-order valence-electron chi connectivity index (χ0n) is 14.4. The summed E-state index contributed by atoms with van der Waals surface area (Å²) in [7, 11) is 2.62. The van der Waals surface area contributed by atoms with Crippen LogP contribution in [0.25, 0.3) is 0 Å². The summed E-state index contributed by atoms with van der Waals surface area (Å²) in [6, 6.07) is 0. The number of carbonyl (C=O) groups excluding carboxylic acids is 2. The Morgan fingerprint density at radius 2 is 1.09 bits per heavy atom. The number of rotatable bonds is 2. The Labute approximate surface area is 141 Å². The van der Waals surface area contributed by atoms with Gasteiger partial charge in [0.2, 0.25) is 0 Å². The minimum absolute atomic E-state index is 0.0830. The van der Waals surface area contributed by atoms with Crippen LogP contribution in [0.3, 0.4) is 0 Å². The number of hydrogen-bond acceptors (Lipinski definition) is 6. The molecule has 1 aliphatic heterocycles. The maximum atomic E-state index is 12.0. The maximum absolute atomic E-state index is 12.0. The highest BCUT2D eigenvalue weighted by Crippen LogP contribution is 2.56. The van der Waals surface area contributed by atoms with Crippen molar-refractivity contribution in [2.75, 3.05) is 14.2 Å². The highest BCUT2D eigenvalue weighted by Gasteiger charge is 2.39. The summed E-state index contributed by atoms with van der Waals surface area (Å²) in [5, 5.41) is 0. The lowest BCUT2D eigenvalue weighted by Gasteiger charge is -2.35. The monoisotopic (exact) mass is 344 g/mol. The van der Waals surface area contributed by atoms with E-state index in [0.29, 0.717) is 9.81 Å². The van der Waals surface area contributed by atoms with Crippen molar-refractivity contribution in [2.45, 2.75) is 41.5 Å². The molecule has 0 fully saturated rings. The normalized spacial score (nSPS) is 15.9. The van der Waals surface area contributed by atoms with Gasteiger partial charge in [0.15, 0.2) is 0 Å². The molecule has 0 aromatic carbocycles. The van der Waals surface area contributed by atoms with Gasteiger partial charge in [0.05, 0.1) is 18.5 Å². The van der Waals surface area contributed by atoms with E-state index in [0.717, 1.165) is 4.24 Å². The van der Waals surface area contributed by atoms with Crippen molar-refractivity contribution in [3.05, 3.63) is 19.6 Å². The van der Waals surface area contributed by atoms with Crippen molar-refractivity contribution >= 4 is 35.5 Å². The van der Waals surface area contributed by atoms with Gasteiger partial charge in [-0.05, 0) is 16.4 Å². The van der Waals surface area contributed by atoms with E-state index >= 15 is 0 Å². The number of allylic oxidation sites excluding steroid dienone is 1. The van der Waals surface area contributed by atoms with Crippen molar-refractivity contribution in [2.24, 2.45) is 10.8 Å². The summed E-state index contributed by atoms with van der Waals surface area (Å²) >= 11 is 2.61. The van der Waals surface area contributed by atoms with Crippen molar-refractivity contribution in [1.82, 2.24) is 0 Å². The van der Waals surface area contributed by atoms with Gasteiger partial charge in [-0.3, -0.25) is 0 Å². The second-order valence-electron chi connectivity index (χ2n) is 7.01. The number of hydrogen-bond donors (Lipinski definition) is 0. The lowest BCUT2D eigenvalue weighted by Crippen LogP contribution is -2.23. The average molecular weight is 344 g/mol. The number of thioether (sulfide) groups is 2. The molecule has 6 heteroatoms. The predicted octanol–water partition coefficient (Wildman–Crippen LogP) is 4.33. The van der Waals surface area contributed by atoms with Crippen LogP contribution in [0.5, 0.6) is 0 Å². The van der Waals surface area contributed by atoms with Gasteiger partial charge in [-0.15, -0.1) is 0 Å². The Bertz CT molecular complexity index is 499. The van der Waals surface area contributed by atoms with E-state index in [1.54, 1.807) is 0 Å². The van der Waals surface area contributed by atoms with Gasteiger partial charge in [0.25, 0.3) is 0 Å². The zero-order valence-corrected chi connectivity index (χ0v) is 16.1. The molecule has 0 aromatic rings. The molecular weight excluding hydrogens is 320 g/mol. The first-order chi connectivity index (χ1) is 9.93. The van der Waals surface area contributed by atoms with Gasteiger partial charge in [0, 0.05) is 0 Å². The zero-order chi connectivity index (χ0) is 17.3. The quantitative estimate of drug-likeness (QED) is 0.695. The number of methoxy groups -OCH3 is 2. The molecule has 4 nitrogen and oxygen atoms in total. The molecule has 22 heavy (non-hydrogen) atoms. The van der Waals surface area contributed by atoms with E-state index in [9.17, 15) is 9.59 Å². The smallest absolute Gasteiger partial charge is 0.346 e. The fourth-order valence-electron chi connectivity index (χ4n) is 2.59. The Kier molecular flexibility index (Phi) is 5.84. The van der Waals surface area contributed by atoms with Crippen molar-refractivity contribution in [1.29, 1.82) is 0 Å². The number of ether oxygens (including phenoxy) is 2. The first kappa shape index (κ1) is 19.2. The highest BCUT2D eigenvalue weighted by atomic mass is 32.2. The number of esters is 2. The third kappa shape index (κ3) is 4.10. The summed E-state index contributed by atoms with van der Waals surface area (Å²) in [5.74, 6) is -1.01. The first-order valence-corrected chi connectivity index (χ1v) is 8.58. The highest BCUT2D eigenvalue weighted by molar-refractivity contribution is 8.29. The largest absolute Gasteiger partial charge is 0.465 e. The van der Waals surface area contributed by atoms with Crippen LogP contribution in [0.1, 0.15) is 41.5 Å². The van der Waals surface area contributed by atoms with E-state index in [-0.39, 0.29) is 10.8 Å². The van der Waals surface area contributed by atoms with Gasteiger partial charge in [-0.1, -0.05) is 65.1 Å². The summed E-state index contributed by atoms with van der Waals surface area (Å²) in [5.41, 5.74) is 1.04. The predicted molar refractivity (Wildman–Crippen MR) is 92.2 cm³/mol. The molecule has 124 valence electrons. The Morgan fingerprint density at radius 3 is 1.32 bits per heavy atom. The fourth-order valence-corrected chi connectivity index (χ4v) is 5.99. The van der Waals surface area contributed by atoms with E-state index in [4.69, 9.17) is 9.47 Å². The standard InChI is InChI=1S/C16H24O4S2/c1-15(2,3)11(16(4,5)6)14-21-9(12(17)19-7)10(22-14)13(18)20-8/h1-8H3. The molecule has 0 saturated carbocycles. The molecule has 1 rings (SSSR count). The molecule has 1 aliphatic rings. The molecule has 1 heterocycles. The second kappa shape index (κ2) is 6.71. The molecule has 0 aromatic heterocycles. The van der Waals surface area contributed by atoms with Crippen LogP contribution in [0, 0.1) is 10.8 Å². The molecule has 0 atom stereocenters. The van der Waals surface area contributed by atoms with Crippen molar-refractivity contribution in [3.8, 4) is 0 Å². The van der Waals surface area contributed by atoms with Crippen LogP contribution in [0.4, 0.5) is 0 Å². The molecule has 0 radical (unpaired) electrons.